The Labute approximate surface area is 111 Å². The van der Waals surface area contributed by atoms with Gasteiger partial charge >= 0.3 is 0 Å². The van der Waals surface area contributed by atoms with Crippen molar-refractivity contribution in [1.82, 2.24) is 0 Å². The van der Waals surface area contributed by atoms with Crippen molar-refractivity contribution in [3.8, 4) is 11.5 Å². The molecule has 1 aromatic carbocycles. The van der Waals surface area contributed by atoms with Gasteiger partial charge in [0.25, 0.3) is 5.09 Å². The van der Waals surface area contributed by atoms with E-state index in [1.807, 2.05) is 19.9 Å². The van der Waals surface area contributed by atoms with Gasteiger partial charge in [-0.1, -0.05) is 6.07 Å². The number of hydrogen-bond donors (Lipinski definition) is 1. The number of nitrogens with zero attached hydrogens (tertiary/aromatic N) is 1. The van der Waals surface area contributed by atoms with E-state index in [1.165, 1.54) is 0 Å². The Bertz CT molecular complexity index is 423. The van der Waals surface area contributed by atoms with Gasteiger partial charge in [-0.3, -0.25) is 0 Å². The Morgan fingerprint density at radius 3 is 2.74 bits per heavy atom. The Hall–Kier alpha value is -2.02. The quantitative estimate of drug-likeness (QED) is 0.434. The summed E-state index contributed by atoms with van der Waals surface area (Å²) in [5.74, 6) is 1.25. The maximum absolute atomic E-state index is 9.95. The summed E-state index contributed by atoms with van der Waals surface area (Å²) in [6, 6.07) is 5.28. The zero-order chi connectivity index (χ0) is 14.3. The molecule has 1 unspecified atom stereocenters. The van der Waals surface area contributed by atoms with E-state index in [2.05, 4.69) is 4.84 Å². The molecule has 1 atom stereocenters. The molecule has 1 rings (SSSR count). The van der Waals surface area contributed by atoms with Crippen LogP contribution in [0.25, 0.3) is 0 Å². The summed E-state index contributed by atoms with van der Waals surface area (Å²) in [6.07, 6.45) is 0. The third-order valence-corrected chi connectivity index (χ3v) is 2.21. The molecule has 0 aliphatic heterocycles. The van der Waals surface area contributed by atoms with Crippen LogP contribution in [0, 0.1) is 17.0 Å². The van der Waals surface area contributed by atoms with Gasteiger partial charge < -0.3 is 20.0 Å². The molecule has 19 heavy (non-hydrogen) atoms. The minimum absolute atomic E-state index is 0.0579. The highest BCUT2D eigenvalue weighted by Crippen LogP contribution is 2.24. The summed E-state index contributed by atoms with van der Waals surface area (Å²) in [5.41, 5.74) is 6.59. The van der Waals surface area contributed by atoms with Crippen LogP contribution in [0.5, 0.6) is 11.5 Å². The summed E-state index contributed by atoms with van der Waals surface area (Å²) >= 11 is 0. The molecular formula is C12H18N2O5. The molecule has 0 fully saturated rings. The highest BCUT2D eigenvalue weighted by molar-refractivity contribution is 5.39. The molecule has 0 amide bonds. The van der Waals surface area contributed by atoms with Crippen LogP contribution >= 0.6 is 0 Å². The number of benzene rings is 1. The van der Waals surface area contributed by atoms with Crippen molar-refractivity contribution in [1.29, 1.82) is 0 Å². The maximum atomic E-state index is 9.95. The lowest BCUT2D eigenvalue weighted by Crippen LogP contribution is -2.23. The topological polar surface area (TPSA) is 96.8 Å². The van der Waals surface area contributed by atoms with E-state index in [0.717, 1.165) is 5.56 Å². The molecular weight excluding hydrogens is 252 g/mol. The third kappa shape index (κ3) is 5.91. The molecule has 0 spiro atoms. The van der Waals surface area contributed by atoms with E-state index >= 15 is 0 Å². The first-order chi connectivity index (χ1) is 8.99. The third-order valence-electron chi connectivity index (χ3n) is 2.21. The maximum Gasteiger partial charge on any atom is 0.294 e. The predicted octanol–water partition coefficient (Wildman–Crippen LogP) is 1.31. The van der Waals surface area contributed by atoms with Crippen molar-refractivity contribution >= 4 is 0 Å². The van der Waals surface area contributed by atoms with Crippen LogP contribution in [0.15, 0.2) is 18.2 Å². The first kappa shape index (κ1) is 15.0. The molecule has 0 aliphatic rings. The summed E-state index contributed by atoms with van der Waals surface area (Å²) in [7, 11) is 0. The fourth-order valence-corrected chi connectivity index (χ4v) is 1.32. The van der Waals surface area contributed by atoms with E-state index in [-0.39, 0.29) is 19.3 Å². The molecule has 2 N–H and O–H groups in total. The molecule has 7 nitrogen and oxygen atoms in total. The van der Waals surface area contributed by atoms with Gasteiger partial charge in [0, 0.05) is 12.1 Å². The zero-order valence-corrected chi connectivity index (χ0v) is 11.0. The molecule has 0 radical (unpaired) electrons. The van der Waals surface area contributed by atoms with Gasteiger partial charge in [0.15, 0.2) is 0 Å². The summed E-state index contributed by atoms with van der Waals surface area (Å²) in [4.78, 5) is 14.1. The van der Waals surface area contributed by atoms with Crippen molar-refractivity contribution in [2.24, 2.45) is 5.73 Å². The van der Waals surface area contributed by atoms with E-state index in [9.17, 15) is 10.1 Å². The molecule has 7 heteroatoms. The van der Waals surface area contributed by atoms with Crippen molar-refractivity contribution < 1.29 is 19.4 Å². The Balaban J connectivity index is 2.50. The first-order valence-corrected chi connectivity index (χ1v) is 5.88. The molecule has 0 saturated carbocycles. The highest BCUT2D eigenvalue weighted by atomic mass is 17.0. The summed E-state index contributed by atoms with van der Waals surface area (Å²) in [5, 5.41) is 9.10. The fourth-order valence-electron chi connectivity index (χ4n) is 1.32. The molecule has 0 bridgehead atoms. The lowest BCUT2D eigenvalue weighted by molar-refractivity contribution is -0.757. The van der Waals surface area contributed by atoms with E-state index in [1.54, 1.807) is 12.1 Å². The van der Waals surface area contributed by atoms with E-state index in [4.69, 9.17) is 15.2 Å². The first-order valence-electron chi connectivity index (χ1n) is 5.88. The molecule has 0 heterocycles. The highest BCUT2D eigenvalue weighted by Gasteiger charge is 2.04. The monoisotopic (exact) mass is 270 g/mol. The average molecular weight is 270 g/mol. The van der Waals surface area contributed by atoms with Crippen molar-refractivity contribution in [3.63, 3.8) is 0 Å². The Morgan fingerprint density at radius 1 is 1.37 bits per heavy atom. The molecule has 0 aliphatic carbocycles. The standard InChI is InChI=1S/C12H18N2O5/c1-9-3-4-11(17-5-6-19-14(15)16)7-12(9)18-8-10(2)13/h3-4,7,10H,5-6,8,13H2,1-2H3. The molecule has 1 aromatic rings. The van der Waals surface area contributed by atoms with Crippen LogP contribution < -0.4 is 15.2 Å². The van der Waals surface area contributed by atoms with Gasteiger partial charge in [0.2, 0.25) is 0 Å². The SMILES string of the molecule is Cc1ccc(OCCO[N+](=O)[O-])cc1OCC(C)N. The van der Waals surface area contributed by atoms with Gasteiger partial charge in [-0.15, -0.1) is 10.1 Å². The smallest absolute Gasteiger partial charge is 0.294 e. The van der Waals surface area contributed by atoms with Gasteiger partial charge in [-0.05, 0) is 25.5 Å². The average Bonchev–Trinajstić information content (AvgIpc) is 2.34. The predicted molar refractivity (Wildman–Crippen MR) is 68.8 cm³/mol. The molecule has 0 saturated heterocycles. The lowest BCUT2D eigenvalue weighted by atomic mass is 10.2. The Morgan fingerprint density at radius 2 is 2.11 bits per heavy atom. The minimum atomic E-state index is -0.852. The van der Waals surface area contributed by atoms with Crippen LogP contribution in [0.3, 0.4) is 0 Å². The molecule has 106 valence electrons. The number of hydrogen-bond acceptors (Lipinski definition) is 6. The zero-order valence-electron chi connectivity index (χ0n) is 11.0. The second kappa shape index (κ2) is 7.42. The van der Waals surface area contributed by atoms with E-state index in [0.29, 0.717) is 18.1 Å². The van der Waals surface area contributed by atoms with Crippen LogP contribution in [-0.2, 0) is 4.84 Å². The van der Waals surface area contributed by atoms with Gasteiger partial charge in [0.1, 0.15) is 31.3 Å². The van der Waals surface area contributed by atoms with Crippen LogP contribution in [0.2, 0.25) is 0 Å². The van der Waals surface area contributed by atoms with Gasteiger partial charge in [-0.2, -0.15) is 0 Å². The normalized spacial score (nSPS) is 11.7. The number of ether oxygens (including phenoxy) is 2. The second-order valence-electron chi connectivity index (χ2n) is 4.12. The summed E-state index contributed by atoms with van der Waals surface area (Å²) < 4.78 is 10.9. The van der Waals surface area contributed by atoms with Crippen LogP contribution in [0.1, 0.15) is 12.5 Å². The largest absolute Gasteiger partial charge is 0.492 e. The summed E-state index contributed by atoms with van der Waals surface area (Å²) in [6.45, 7) is 4.16. The van der Waals surface area contributed by atoms with Crippen molar-refractivity contribution in [2.75, 3.05) is 19.8 Å². The second-order valence-corrected chi connectivity index (χ2v) is 4.12. The lowest BCUT2D eigenvalue weighted by Gasteiger charge is -2.13. The fraction of sp³-hybridized carbons (Fsp3) is 0.500. The van der Waals surface area contributed by atoms with Gasteiger partial charge in [0.05, 0.1) is 0 Å². The van der Waals surface area contributed by atoms with E-state index < -0.39 is 5.09 Å². The van der Waals surface area contributed by atoms with Crippen LogP contribution in [-0.4, -0.2) is 30.9 Å². The Kier molecular flexibility index (Phi) is 5.87. The molecule has 0 aromatic heterocycles. The van der Waals surface area contributed by atoms with Crippen LogP contribution in [0.4, 0.5) is 0 Å². The number of nitrogens with two attached hydrogens (primary N) is 1. The van der Waals surface area contributed by atoms with Gasteiger partial charge in [-0.25, -0.2) is 0 Å². The number of aryl methyl sites for hydroxylation is 1. The number of rotatable bonds is 8. The van der Waals surface area contributed by atoms with Crippen molar-refractivity contribution in [3.05, 3.63) is 33.9 Å². The van der Waals surface area contributed by atoms with Crippen molar-refractivity contribution in [2.45, 2.75) is 19.9 Å². The minimum Gasteiger partial charge on any atom is -0.492 e.